The van der Waals surface area contributed by atoms with E-state index in [-0.39, 0.29) is 18.1 Å². The fraction of sp³-hybridized carbons (Fsp3) is 0.364. The van der Waals surface area contributed by atoms with Crippen LogP contribution >= 0.6 is 0 Å². The zero-order valence-corrected chi connectivity index (χ0v) is 8.19. The number of carbonyl (C=O) groups excluding carboxylic acids is 1. The maximum atomic E-state index is 11.3. The van der Waals surface area contributed by atoms with Crippen LogP contribution in [-0.2, 0) is 16.0 Å². The van der Waals surface area contributed by atoms with Crippen LogP contribution in [0.5, 0.6) is 5.75 Å². The molecule has 0 fully saturated rings. The average molecular weight is 194 g/mol. The smallest absolute Gasteiger partial charge is 0.162 e. The molecule has 0 aromatic heterocycles. The molecule has 1 rings (SSSR count). The van der Waals surface area contributed by atoms with Crippen molar-refractivity contribution < 1.29 is 14.6 Å². The molecule has 0 aliphatic carbocycles. The second-order valence-electron chi connectivity index (χ2n) is 3.02. The Morgan fingerprint density at radius 1 is 1.36 bits per heavy atom. The highest BCUT2D eigenvalue weighted by Gasteiger charge is 2.03. The lowest BCUT2D eigenvalue weighted by Gasteiger charge is -2.01. The molecule has 1 aromatic rings. The van der Waals surface area contributed by atoms with Gasteiger partial charge in [-0.15, -0.1) is 0 Å². The van der Waals surface area contributed by atoms with Crippen LogP contribution in [0, 0.1) is 0 Å². The summed E-state index contributed by atoms with van der Waals surface area (Å²) in [6.45, 7) is 2.58. The lowest BCUT2D eigenvalue weighted by molar-refractivity contribution is -0.122. The second-order valence-corrected chi connectivity index (χ2v) is 3.02. The van der Waals surface area contributed by atoms with Gasteiger partial charge in [0.05, 0.1) is 0 Å². The molecular weight excluding hydrogens is 180 g/mol. The maximum Gasteiger partial charge on any atom is 0.162 e. The molecule has 0 saturated heterocycles. The molecule has 0 aliphatic rings. The molecule has 3 heteroatoms. The van der Waals surface area contributed by atoms with Gasteiger partial charge in [-0.3, -0.25) is 4.79 Å². The van der Waals surface area contributed by atoms with E-state index < -0.39 is 0 Å². The minimum atomic E-state index is 0.0533. The Morgan fingerprint density at radius 3 is 2.57 bits per heavy atom. The summed E-state index contributed by atoms with van der Waals surface area (Å²) < 4.78 is 4.99. The van der Waals surface area contributed by atoms with E-state index in [1.807, 2.05) is 6.92 Å². The number of Topliss-reactive ketones (excluding diaryl/α,β-unsaturated/α-hetero) is 1. The number of ketones is 1. The van der Waals surface area contributed by atoms with Crippen molar-refractivity contribution in [3.8, 4) is 5.75 Å². The second kappa shape index (κ2) is 5.40. The van der Waals surface area contributed by atoms with Gasteiger partial charge in [0.2, 0.25) is 0 Å². The Bertz CT molecular complexity index is 290. The first-order valence-corrected chi connectivity index (χ1v) is 4.59. The molecule has 0 bridgehead atoms. The van der Waals surface area contributed by atoms with Gasteiger partial charge in [-0.25, -0.2) is 0 Å². The Kier molecular flexibility index (Phi) is 4.13. The molecule has 0 amide bonds. The third-order valence-corrected chi connectivity index (χ3v) is 1.80. The van der Waals surface area contributed by atoms with Crippen LogP contribution in [-0.4, -0.2) is 24.1 Å². The van der Waals surface area contributed by atoms with Crippen molar-refractivity contribution >= 4 is 5.78 Å². The molecule has 0 spiro atoms. The quantitative estimate of drug-likeness (QED) is 0.773. The molecule has 14 heavy (non-hydrogen) atoms. The number of carbonyl (C=O) groups is 1. The third-order valence-electron chi connectivity index (χ3n) is 1.80. The first-order valence-electron chi connectivity index (χ1n) is 4.59. The van der Waals surface area contributed by atoms with E-state index in [4.69, 9.17) is 9.84 Å². The Morgan fingerprint density at radius 2 is 2.00 bits per heavy atom. The van der Waals surface area contributed by atoms with Crippen LogP contribution in [0.25, 0.3) is 0 Å². The number of aromatic hydroxyl groups is 1. The lowest BCUT2D eigenvalue weighted by Crippen LogP contribution is -2.11. The van der Waals surface area contributed by atoms with Gasteiger partial charge in [0.15, 0.2) is 5.78 Å². The van der Waals surface area contributed by atoms with Crippen molar-refractivity contribution in [3.63, 3.8) is 0 Å². The highest BCUT2D eigenvalue weighted by Crippen LogP contribution is 2.10. The van der Waals surface area contributed by atoms with Crippen LogP contribution in [0.3, 0.4) is 0 Å². The molecule has 76 valence electrons. The van der Waals surface area contributed by atoms with Crippen molar-refractivity contribution in [1.29, 1.82) is 0 Å². The summed E-state index contributed by atoms with van der Waals surface area (Å²) in [6.07, 6.45) is 0.361. The molecule has 0 aliphatic heterocycles. The highest BCUT2D eigenvalue weighted by molar-refractivity contribution is 5.82. The maximum absolute atomic E-state index is 11.3. The largest absolute Gasteiger partial charge is 0.508 e. The molecule has 0 saturated carbocycles. The fourth-order valence-corrected chi connectivity index (χ4v) is 1.11. The molecule has 1 aromatic carbocycles. The van der Waals surface area contributed by atoms with Gasteiger partial charge in [0.25, 0.3) is 0 Å². The molecule has 1 N–H and O–H groups in total. The normalized spacial score (nSPS) is 10.1. The number of hydrogen-bond donors (Lipinski definition) is 1. The summed E-state index contributed by atoms with van der Waals surface area (Å²) in [7, 11) is 0. The minimum absolute atomic E-state index is 0.0533. The molecular formula is C11H14O3. The van der Waals surface area contributed by atoms with Gasteiger partial charge in [-0.05, 0) is 24.6 Å². The first kappa shape index (κ1) is 10.7. The van der Waals surface area contributed by atoms with Gasteiger partial charge < -0.3 is 9.84 Å². The van der Waals surface area contributed by atoms with Gasteiger partial charge in [0, 0.05) is 13.0 Å². The van der Waals surface area contributed by atoms with Gasteiger partial charge >= 0.3 is 0 Å². The van der Waals surface area contributed by atoms with Crippen LogP contribution in [0.4, 0.5) is 0 Å². The monoisotopic (exact) mass is 194 g/mol. The summed E-state index contributed by atoms with van der Waals surface area (Å²) in [5, 5.41) is 9.02. The highest BCUT2D eigenvalue weighted by atomic mass is 16.5. The topological polar surface area (TPSA) is 46.5 Å². The van der Waals surface area contributed by atoms with E-state index in [1.165, 1.54) is 0 Å². The van der Waals surface area contributed by atoms with E-state index in [0.29, 0.717) is 13.0 Å². The summed E-state index contributed by atoms with van der Waals surface area (Å²) in [6, 6.07) is 6.62. The molecule has 0 atom stereocenters. The molecule has 0 heterocycles. The predicted molar refractivity (Wildman–Crippen MR) is 53.3 cm³/mol. The van der Waals surface area contributed by atoms with Crippen molar-refractivity contribution in [2.24, 2.45) is 0 Å². The van der Waals surface area contributed by atoms with Crippen LogP contribution in [0.2, 0.25) is 0 Å². The summed E-state index contributed by atoms with van der Waals surface area (Å²) >= 11 is 0. The van der Waals surface area contributed by atoms with Gasteiger partial charge in [0.1, 0.15) is 12.4 Å². The number of hydrogen-bond acceptors (Lipinski definition) is 3. The number of phenols is 1. The van der Waals surface area contributed by atoms with Crippen molar-refractivity contribution in [3.05, 3.63) is 29.8 Å². The van der Waals surface area contributed by atoms with Gasteiger partial charge in [-0.1, -0.05) is 12.1 Å². The van der Waals surface area contributed by atoms with Crippen LogP contribution in [0.1, 0.15) is 12.5 Å². The molecule has 3 nitrogen and oxygen atoms in total. The van der Waals surface area contributed by atoms with Crippen molar-refractivity contribution in [1.82, 2.24) is 0 Å². The van der Waals surface area contributed by atoms with Gasteiger partial charge in [-0.2, -0.15) is 0 Å². The van der Waals surface area contributed by atoms with E-state index in [0.717, 1.165) is 5.56 Å². The summed E-state index contributed by atoms with van der Waals surface area (Å²) in [5.74, 6) is 0.267. The predicted octanol–water partition coefficient (Wildman–Crippen LogP) is 1.54. The van der Waals surface area contributed by atoms with E-state index >= 15 is 0 Å². The Hall–Kier alpha value is -1.35. The summed E-state index contributed by atoms with van der Waals surface area (Å²) in [5.41, 5.74) is 0.896. The first-order chi connectivity index (χ1) is 6.72. The van der Waals surface area contributed by atoms with Crippen molar-refractivity contribution in [2.75, 3.05) is 13.2 Å². The van der Waals surface area contributed by atoms with E-state index in [1.54, 1.807) is 24.3 Å². The van der Waals surface area contributed by atoms with Crippen LogP contribution < -0.4 is 0 Å². The fourth-order valence-electron chi connectivity index (χ4n) is 1.11. The van der Waals surface area contributed by atoms with Crippen molar-refractivity contribution in [2.45, 2.75) is 13.3 Å². The number of benzene rings is 1. The Balaban J connectivity index is 2.44. The molecule has 0 radical (unpaired) electrons. The number of ether oxygens (including phenoxy) is 1. The molecule has 0 unspecified atom stereocenters. The number of rotatable bonds is 5. The zero-order valence-electron chi connectivity index (χ0n) is 8.19. The average Bonchev–Trinajstić information content (AvgIpc) is 2.18. The Labute approximate surface area is 83.3 Å². The number of phenolic OH excluding ortho intramolecular Hbond substituents is 1. The zero-order chi connectivity index (χ0) is 10.4. The SMILES string of the molecule is CCOCC(=O)Cc1ccc(O)cc1. The standard InChI is InChI=1S/C11H14O3/c1-2-14-8-11(13)7-9-3-5-10(12)6-4-9/h3-6,12H,2,7-8H2,1H3. The van der Waals surface area contributed by atoms with Crippen LogP contribution in [0.15, 0.2) is 24.3 Å². The van der Waals surface area contributed by atoms with E-state index in [9.17, 15) is 4.79 Å². The summed E-state index contributed by atoms with van der Waals surface area (Å²) in [4.78, 5) is 11.3. The minimum Gasteiger partial charge on any atom is -0.508 e. The third kappa shape index (κ3) is 3.58. The van der Waals surface area contributed by atoms with E-state index in [2.05, 4.69) is 0 Å². The lowest BCUT2D eigenvalue weighted by atomic mass is 10.1.